The first kappa shape index (κ1) is 13.0. The van der Waals surface area contributed by atoms with Gasteiger partial charge in [-0.1, -0.05) is 42.5 Å². The van der Waals surface area contributed by atoms with Crippen molar-refractivity contribution in [1.82, 2.24) is 0 Å². The van der Waals surface area contributed by atoms with Crippen molar-refractivity contribution >= 4 is 27.2 Å². The lowest BCUT2D eigenvalue weighted by molar-refractivity contribution is 0.874. The molecular formula is C19H21N. The number of benzene rings is 3. The lowest BCUT2D eigenvalue weighted by atomic mass is 9.97. The van der Waals surface area contributed by atoms with Crippen LogP contribution in [-0.4, -0.2) is 13.1 Å². The van der Waals surface area contributed by atoms with Crippen LogP contribution in [0, 0.1) is 6.92 Å². The Morgan fingerprint density at radius 3 is 2.30 bits per heavy atom. The highest BCUT2D eigenvalue weighted by Crippen LogP contribution is 2.37. The monoisotopic (exact) mass is 263 g/mol. The highest BCUT2D eigenvalue weighted by molar-refractivity contribution is 6.12. The van der Waals surface area contributed by atoms with Crippen LogP contribution in [0.15, 0.2) is 48.5 Å². The van der Waals surface area contributed by atoms with E-state index in [2.05, 4.69) is 74.2 Å². The molecule has 0 aliphatic heterocycles. The summed E-state index contributed by atoms with van der Waals surface area (Å²) < 4.78 is 0. The molecular weight excluding hydrogens is 242 g/mol. The van der Waals surface area contributed by atoms with Crippen LogP contribution in [0.2, 0.25) is 0 Å². The Hall–Kier alpha value is -2.02. The SMILES string of the molecule is CCN(CC)c1c2ccccc2cc2cccc(C)c12. The van der Waals surface area contributed by atoms with Gasteiger partial charge >= 0.3 is 0 Å². The standard InChI is InChI=1S/C19H21N/c1-4-20(5-2)19-17-12-7-6-10-15(17)13-16-11-8-9-14(3)18(16)19/h6-13H,4-5H2,1-3H3. The minimum atomic E-state index is 1.04. The highest BCUT2D eigenvalue weighted by atomic mass is 15.1. The molecule has 1 nitrogen and oxygen atoms in total. The first-order chi connectivity index (χ1) is 9.76. The van der Waals surface area contributed by atoms with E-state index < -0.39 is 0 Å². The third-order valence-electron chi connectivity index (χ3n) is 4.15. The predicted octanol–water partition coefficient (Wildman–Crippen LogP) is 5.15. The summed E-state index contributed by atoms with van der Waals surface area (Å²) >= 11 is 0. The molecule has 0 unspecified atom stereocenters. The summed E-state index contributed by atoms with van der Waals surface area (Å²) in [6.07, 6.45) is 0. The Balaban J connectivity index is 2.51. The molecule has 0 heterocycles. The smallest absolute Gasteiger partial charge is 0.0528 e. The second-order valence-electron chi connectivity index (χ2n) is 5.29. The number of fused-ring (bicyclic) bond motifs is 2. The Kier molecular flexibility index (Phi) is 3.35. The molecule has 0 saturated heterocycles. The fraction of sp³-hybridized carbons (Fsp3) is 0.263. The van der Waals surface area contributed by atoms with Crippen molar-refractivity contribution in [1.29, 1.82) is 0 Å². The minimum Gasteiger partial charge on any atom is -0.371 e. The van der Waals surface area contributed by atoms with Gasteiger partial charge in [0, 0.05) is 23.9 Å². The Morgan fingerprint density at radius 2 is 1.55 bits per heavy atom. The van der Waals surface area contributed by atoms with Crippen LogP contribution in [0.25, 0.3) is 21.5 Å². The summed E-state index contributed by atoms with van der Waals surface area (Å²) in [5, 5.41) is 5.42. The van der Waals surface area contributed by atoms with Crippen LogP contribution in [0.5, 0.6) is 0 Å². The van der Waals surface area contributed by atoms with Crippen LogP contribution < -0.4 is 4.90 Å². The van der Waals surface area contributed by atoms with Gasteiger partial charge in [-0.3, -0.25) is 0 Å². The number of hydrogen-bond donors (Lipinski definition) is 0. The number of aryl methyl sites for hydroxylation is 1. The molecule has 3 aromatic rings. The van der Waals surface area contributed by atoms with Crippen LogP contribution in [0.3, 0.4) is 0 Å². The fourth-order valence-electron chi connectivity index (χ4n) is 3.14. The lowest BCUT2D eigenvalue weighted by Crippen LogP contribution is -2.22. The quantitative estimate of drug-likeness (QED) is 0.591. The van der Waals surface area contributed by atoms with E-state index in [-0.39, 0.29) is 0 Å². The molecule has 0 amide bonds. The molecule has 3 rings (SSSR count). The second kappa shape index (κ2) is 5.16. The van der Waals surface area contributed by atoms with E-state index in [1.54, 1.807) is 0 Å². The zero-order valence-electron chi connectivity index (χ0n) is 12.5. The van der Waals surface area contributed by atoms with Crippen molar-refractivity contribution in [2.45, 2.75) is 20.8 Å². The summed E-state index contributed by atoms with van der Waals surface area (Å²) in [4.78, 5) is 2.47. The van der Waals surface area contributed by atoms with Gasteiger partial charge in [0.1, 0.15) is 0 Å². The average Bonchev–Trinajstić information content (AvgIpc) is 2.48. The summed E-state index contributed by atoms with van der Waals surface area (Å²) in [6.45, 7) is 8.75. The molecule has 3 aromatic carbocycles. The molecule has 0 bridgehead atoms. The zero-order valence-corrected chi connectivity index (χ0v) is 12.5. The molecule has 102 valence electrons. The maximum absolute atomic E-state index is 2.47. The summed E-state index contributed by atoms with van der Waals surface area (Å²) in [7, 11) is 0. The third kappa shape index (κ3) is 1.94. The van der Waals surface area contributed by atoms with Gasteiger partial charge in [-0.25, -0.2) is 0 Å². The van der Waals surface area contributed by atoms with Crippen LogP contribution >= 0.6 is 0 Å². The predicted molar refractivity (Wildman–Crippen MR) is 89.8 cm³/mol. The first-order valence-corrected chi connectivity index (χ1v) is 7.42. The number of nitrogens with zero attached hydrogens (tertiary/aromatic N) is 1. The van der Waals surface area contributed by atoms with Crippen LogP contribution in [-0.2, 0) is 0 Å². The Bertz CT molecular complexity index is 754. The highest BCUT2D eigenvalue weighted by Gasteiger charge is 2.13. The second-order valence-corrected chi connectivity index (χ2v) is 5.29. The number of rotatable bonds is 3. The third-order valence-corrected chi connectivity index (χ3v) is 4.15. The van der Waals surface area contributed by atoms with Crippen molar-refractivity contribution in [2.75, 3.05) is 18.0 Å². The zero-order chi connectivity index (χ0) is 14.1. The molecule has 0 radical (unpaired) electrons. The lowest BCUT2D eigenvalue weighted by Gasteiger charge is -2.26. The first-order valence-electron chi connectivity index (χ1n) is 7.42. The van der Waals surface area contributed by atoms with E-state index in [1.165, 1.54) is 32.8 Å². The molecule has 0 N–H and O–H groups in total. The van der Waals surface area contributed by atoms with E-state index in [9.17, 15) is 0 Å². The largest absolute Gasteiger partial charge is 0.371 e. The molecule has 0 fully saturated rings. The van der Waals surface area contributed by atoms with Gasteiger partial charge in [0.05, 0.1) is 5.69 Å². The van der Waals surface area contributed by atoms with Crippen LogP contribution in [0.4, 0.5) is 5.69 Å². The van der Waals surface area contributed by atoms with Gasteiger partial charge in [-0.2, -0.15) is 0 Å². The van der Waals surface area contributed by atoms with Crippen molar-refractivity contribution in [3.63, 3.8) is 0 Å². The van der Waals surface area contributed by atoms with Crippen molar-refractivity contribution in [2.24, 2.45) is 0 Å². The molecule has 20 heavy (non-hydrogen) atoms. The van der Waals surface area contributed by atoms with E-state index in [1.807, 2.05) is 0 Å². The van der Waals surface area contributed by atoms with Crippen LogP contribution in [0.1, 0.15) is 19.4 Å². The van der Waals surface area contributed by atoms with Crippen molar-refractivity contribution < 1.29 is 0 Å². The fourth-order valence-corrected chi connectivity index (χ4v) is 3.14. The molecule has 1 heteroatoms. The number of anilines is 1. The van der Waals surface area contributed by atoms with Gasteiger partial charge in [0.15, 0.2) is 0 Å². The average molecular weight is 263 g/mol. The molecule has 0 aliphatic carbocycles. The Labute approximate surface area is 120 Å². The maximum Gasteiger partial charge on any atom is 0.0528 e. The minimum absolute atomic E-state index is 1.04. The molecule has 0 aromatic heterocycles. The van der Waals surface area contributed by atoms with E-state index in [0.29, 0.717) is 0 Å². The molecule has 0 atom stereocenters. The summed E-state index contributed by atoms with van der Waals surface area (Å²) in [6, 6.07) is 17.6. The normalized spacial score (nSPS) is 11.2. The molecule has 0 spiro atoms. The van der Waals surface area contributed by atoms with Gasteiger partial charge < -0.3 is 4.90 Å². The van der Waals surface area contributed by atoms with Gasteiger partial charge in [-0.05, 0) is 43.2 Å². The van der Waals surface area contributed by atoms with E-state index in [4.69, 9.17) is 0 Å². The van der Waals surface area contributed by atoms with Crippen molar-refractivity contribution in [3.05, 3.63) is 54.1 Å². The molecule has 0 aliphatic rings. The van der Waals surface area contributed by atoms with E-state index in [0.717, 1.165) is 13.1 Å². The Morgan fingerprint density at radius 1 is 0.850 bits per heavy atom. The summed E-state index contributed by atoms with van der Waals surface area (Å²) in [5.41, 5.74) is 2.75. The van der Waals surface area contributed by atoms with Gasteiger partial charge in [0.2, 0.25) is 0 Å². The van der Waals surface area contributed by atoms with Gasteiger partial charge in [-0.15, -0.1) is 0 Å². The topological polar surface area (TPSA) is 3.24 Å². The van der Waals surface area contributed by atoms with Crippen molar-refractivity contribution in [3.8, 4) is 0 Å². The van der Waals surface area contributed by atoms with E-state index >= 15 is 0 Å². The maximum atomic E-state index is 2.47. The van der Waals surface area contributed by atoms with Gasteiger partial charge in [0.25, 0.3) is 0 Å². The summed E-state index contributed by atoms with van der Waals surface area (Å²) in [5.74, 6) is 0. The number of hydrogen-bond acceptors (Lipinski definition) is 1. The molecule has 0 saturated carbocycles.